The predicted octanol–water partition coefficient (Wildman–Crippen LogP) is 2.66. The van der Waals surface area contributed by atoms with Crippen molar-refractivity contribution in [1.82, 2.24) is 15.3 Å². The van der Waals surface area contributed by atoms with Gasteiger partial charge in [0.25, 0.3) is 5.91 Å². The molecule has 28 heavy (non-hydrogen) atoms. The van der Waals surface area contributed by atoms with Crippen molar-refractivity contribution in [3.05, 3.63) is 41.7 Å². The van der Waals surface area contributed by atoms with Gasteiger partial charge < -0.3 is 19.7 Å². The first-order chi connectivity index (χ1) is 13.5. The zero-order valence-electron chi connectivity index (χ0n) is 16.8. The summed E-state index contributed by atoms with van der Waals surface area (Å²) in [5.41, 5.74) is 2.10. The molecule has 1 unspecified atom stereocenters. The minimum Gasteiger partial charge on any atom is -0.481 e. The van der Waals surface area contributed by atoms with Gasteiger partial charge in [-0.1, -0.05) is 12.1 Å². The monoisotopic (exact) mass is 384 g/mol. The molecule has 1 fully saturated rings. The maximum atomic E-state index is 12.3. The lowest BCUT2D eigenvalue weighted by Gasteiger charge is -2.17. The highest BCUT2D eigenvalue weighted by atomic mass is 16.5. The van der Waals surface area contributed by atoms with Gasteiger partial charge >= 0.3 is 0 Å². The highest BCUT2D eigenvalue weighted by Gasteiger charge is 2.16. The van der Waals surface area contributed by atoms with Crippen LogP contribution in [-0.2, 0) is 4.79 Å². The molecule has 1 aliphatic heterocycles. The van der Waals surface area contributed by atoms with E-state index in [0.29, 0.717) is 19.0 Å². The molecule has 1 aliphatic rings. The first-order valence-corrected chi connectivity index (χ1v) is 9.74. The third-order valence-corrected chi connectivity index (χ3v) is 4.73. The van der Waals surface area contributed by atoms with Gasteiger partial charge in [0.15, 0.2) is 6.10 Å². The Morgan fingerprint density at radius 2 is 2.00 bits per heavy atom. The van der Waals surface area contributed by atoms with Crippen molar-refractivity contribution in [1.29, 1.82) is 0 Å². The number of aromatic nitrogens is 2. The zero-order valence-corrected chi connectivity index (χ0v) is 16.8. The number of nitrogens with one attached hydrogen (secondary N) is 1. The summed E-state index contributed by atoms with van der Waals surface area (Å²) in [5, 5.41) is 2.83. The number of amides is 1. The lowest BCUT2D eigenvalue weighted by atomic mass is 10.1. The van der Waals surface area contributed by atoms with E-state index < -0.39 is 6.10 Å². The molecule has 1 aromatic carbocycles. The second-order valence-electron chi connectivity index (χ2n) is 7.08. The number of benzene rings is 1. The molecule has 0 saturated carbocycles. The van der Waals surface area contributed by atoms with Crippen molar-refractivity contribution < 1.29 is 14.3 Å². The van der Waals surface area contributed by atoms with E-state index in [2.05, 4.69) is 20.2 Å². The Morgan fingerprint density at radius 3 is 2.79 bits per heavy atom. The van der Waals surface area contributed by atoms with E-state index in [1.807, 2.05) is 38.1 Å². The minimum absolute atomic E-state index is 0.176. The summed E-state index contributed by atoms with van der Waals surface area (Å²) in [6.45, 7) is 8.45. The molecular formula is C21H28N4O3. The normalized spacial score (nSPS) is 14.6. The summed E-state index contributed by atoms with van der Waals surface area (Å²) in [6, 6.07) is 7.79. The van der Waals surface area contributed by atoms with Gasteiger partial charge in [0.05, 0.1) is 6.54 Å². The van der Waals surface area contributed by atoms with Crippen molar-refractivity contribution >= 4 is 11.7 Å². The second kappa shape index (κ2) is 9.39. The summed E-state index contributed by atoms with van der Waals surface area (Å²) >= 11 is 0. The molecule has 0 bridgehead atoms. The third kappa shape index (κ3) is 5.34. The fraction of sp³-hybridized carbons (Fsp3) is 0.476. The number of carbonyl (C=O) groups is 1. The number of rotatable bonds is 8. The van der Waals surface area contributed by atoms with Crippen molar-refractivity contribution in [3.63, 3.8) is 0 Å². The van der Waals surface area contributed by atoms with Gasteiger partial charge in [-0.2, -0.15) is 0 Å². The molecule has 2 aromatic rings. The van der Waals surface area contributed by atoms with Crippen LogP contribution in [0.3, 0.4) is 0 Å². The summed E-state index contributed by atoms with van der Waals surface area (Å²) in [6.07, 6.45) is 3.31. The molecule has 2 heterocycles. The van der Waals surface area contributed by atoms with Gasteiger partial charge in [-0.25, -0.2) is 9.97 Å². The highest BCUT2D eigenvalue weighted by molar-refractivity contribution is 5.80. The number of aryl methyl sites for hydroxylation is 2. The van der Waals surface area contributed by atoms with Gasteiger partial charge in [-0.15, -0.1) is 0 Å². The lowest BCUT2D eigenvalue weighted by Crippen LogP contribution is -2.38. The molecule has 0 aliphatic carbocycles. The Hall–Kier alpha value is -2.83. The van der Waals surface area contributed by atoms with E-state index in [9.17, 15) is 4.79 Å². The molecule has 0 spiro atoms. The van der Waals surface area contributed by atoms with Gasteiger partial charge in [0.2, 0.25) is 5.88 Å². The zero-order chi connectivity index (χ0) is 19.9. The molecule has 150 valence electrons. The van der Waals surface area contributed by atoms with Crippen molar-refractivity contribution in [2.75, 3.05) is 31.1 Å². The molecular weight excluding hydrogens is 356 g/mol. The molecule has 1 aromatic heterocycles. The van der Waals surface area contributed by atoms with Gasteiger partial charge in [-0.05, 0) is 50.8 Å². The Balaban J connectivity index is 1.42. The third-order valence-electron chi connectivity index (χ3n) is 4.73. The van der Waals surface area contributed by atoms with E-state index in [0.717, 1.165) is 35.8 Å². The molecule has 0 radical (unpaired) electrons. The van der Waals surface area contributed by atoms with Gasteiger partial charge in [0, 0.05) is 19.2 Å². The molecule has 3 rings (SSSR count). The maximum Gasteiger partial charge on any atom is 0.260 e. The second-order valence-corrected chi connectivity index (χ2v) is 7.08. The van der Waals surface area contributed by atoms with Crippen LogP contribution in [-0.4, -0.2) is 48.2 Å². The topological polar surface area (TPSA) is 76.6 Å². The summed E-state index contributed by atoms with van der Waals surface area (Å²) in [5.74, 6) is 1.96. The number of hydrogen-bond acceptors (Lipinski definition) is 6. The van der Waals surface area contributed by atoms with Crippen molar-refractivity contribution in [3.8, 4) is 11.6 Å². The van der Waals surface area contributed by atoms with E-state index in [4.69, 9.17) is 9.47 Å². The summed E-state index contributed by atoms with van der Waals surface area (Å²) in [4.78, 5) is 22.9. The van der Waals surface area contributed by atoms with Crippen LogP contribution >= 0.6 is 0 Å². The number of anilines is 1. The van der Waals surface area contributed by atoms with Crippen LogP contribution in [0.4, 0.5) is 5.82 Å². The Kier molecular flexibility index (Phi) is 6.68. The lowest BCUT2D eigenvalue weighted by molar-refractivity contribution is -0.127. The molecule has 1 N–H and O–H groups in total. The van der Waals surface area contributed by atoms with E-state index in [-0.39, 0.29) is 5.91 Å². The molecule has 1 atom stereocenters. The largest absolute Gasteiger partial charge is 0.481 e. The maximum absolute atomic E-state index is 12.3. The molecule has 7 nitrogen and oxygen atoms in total. The predicted molar refractivity (Wildman–Crippen MR) is 108 cm³/mol. The molecule has 1 saturated heterocycles. The van der Waals surface area contributed by atoms with Crippen molar-refractivity contribution in [2.24, 2.45) is 0 Å². The fourth-order valence-electron chi connectivity index (χ4n) is 3.08. The molecule has 1 amide bonds. The Morgan fingerprint density at radius 1 is 1.21 bits per heavy atom. The number of hydrogen-bond donors (Lipinski definition) is 1. The van der Waals surface area contributed by atoms with Gasteiger partial charge in [-0.3, -0.25) is 4.79 Å². The Bertz CT molecular complexity index is 806. The van der Waals surface area contributed by atoms with Crippen molar-refractivity contribution in [2.45, 2.75) is 39.7 Å². The van der Waals surface area contributed by atoms with Crippen LogP contribution in [0, 0.1) is 13.8 Å². The standard InChI is InChI=1S/C21H28N4O3/c1-15-6-7-16(2)18(12-15)28-17(3)21(26)22-8-11-27-20-13-19(23-14-24-20)25-9-4-5-10-25/h6-7,12-14,17H,4-5,8-11H2,1-3H3,(H,22,26). The summed E-state index contributed by atoms with van der Waals surface area (Å²) in [7, 11) is 0. The fourth-order valence-corrected chi connectivity index (χ4v) is 3.08. The van der Waals surface area contributed by atoms with E-state index in [1.54, 1.807) is 6.92 Å². The van der Waals surface area contributed by atoms with Gasteiger partial charge in [0.1, 0.15) is 24.5 Å². The average Bonchev–Trinajstić information content (AvgIpc) is 3.23. The Labute approximate surface area is 166 Å². The van der Waals surface area contributed by atoms with E-state index in [1.165, 1.54) is 19.2 Å². The van der Waals surface area contributed by atoms with Crippen LogP contribution in [0.25, 0.3) is 0 Å². The van der Waals surface area contributed by atoms with Crippen LogP contribution in [0.5, 0.6) is 11.6 Å². The first-order valence-electron chi connectivity index (χ1n) is 9.74. The number of ether oxygens (including phenoxy) is 2. The smallest absolute Gasteiger partial charge is 0.260 e. The number of carbonyl (C=O) groups excluding carboxylic acids is 1. The van der Waals surface area contributed by atoms with Crippen LogP contribution in [0.15, 0.2) is 30.6 Å². The van der Waals surface area contributed by atoms with E-state index >= 15 is 0 Å². The first kappa shape index (κ1) is 19.9. The molecule has 7 heteroatoms. The number of nitrogens with zero attached hydrogens (tertiary/aromatic N) is 3. The highest BCUT2D eigenvalue weighted by Crippen LogP contribution is 2.21. The van der Waals surface area contributed by atoms with Crippen LogP contribution in [0.2, 0.25) is 0 Å². The minimum atomic E-state index is -0.582. The van der Waals surface area contributed by atoms with Crippen LogP contribution < -0.4 is 19.7 Å². The average molecular weight is 384 g/mol. The summed E-state index contributed by atoms with van der Waals surface area (Å²) < 4.78 is 11.5. The quantitative estimate of drug-likeness (QED) is 0.705. The SMILES string of the molecule is Cc1ccc(C)c(OC(C)C(=O)NCCOc2cc(N3CCCC3)ncn2)c1. The van der Waals surface area contributed by atoms with Crippen LogP contribution in [0.1, 0.15) is 30.9 Å².